The topological polar surface area (TPSA) is 41.1 Å². The Kier molecular flexibility index (Phi) is 4.22. The van der Waals surface area contributed by atoms with Gasteiger partial charge in [-0.1, -0.05) is 6.92 Å². The third-order valence-electron chi connectivity index (χ3n) is 2.50. The van der Waals surface area contributed by atoms with Crippen molar-refractivity contribution in [2.75, 3.05) is 6.54 Å². The van der Waals surface area contributed by atoms with Crippen LogP contribution in [0.25, 0.3) is 0 Å². The van der Waals surface area contributed by atoms with Crippen molar-refractivity contribution in [3.8, 4) is 0 Å². The van der Waals surface area contributed by atoms with Gasteiger partial charge in [0, 0.05) is 25.0 Å². The fourth-order valence-electron chi connectivity index (χ4n) is 1.65. The van der Waals surface area contributed by atoms with Crippen LogP contribution in [0.15, 0.2) is 0 Å². The SMILES string of the molecule is CCCC(=O)NC1CCC(C)NC1. The van der Waals surface area contributed by atoms with E-state index in [0.29, 0.717) is 18.5 Å². The number of carbonyl (C=O) groups excluding carboxylic acids is 1. The molecule has 1 saturated heterocycles. The molecule has 0 radical (unpaired) electrons. The van der Waals surface area contributed by atoms with E-state index in [2.05, 4.69) is 17.6 Å². The Morgan fingerprint density at radius 2 is 2.31 bits per heavy atom. The number of amides is 1. The number of piperidine rings is 1. The second-order valence-corrected chi connectivity index (χ2v) is 3.90. The van der Waals surface area contributed by atoms with Crippen molar-refractivity contribution >= 4 is 5.91 Å². The van der Waals surface area contributed by atoms with E-state index in [1.54, 1.807) is 0 Å². The quantitative estimate of drug-likeness (QED) is 0.688. The molecular weight excluding hydrogens is 164 g/mol. The molecule has 1 rings (SSSR count). The van der Waals surface area contributed by atoms with Gasteiger partial charge in [0.25, 0.3) is 0 Å². The molecule has 0 saturated carbocycles. The molecule has 0 spiro atoms. The number of carbonyl (C=O) groups is 1. The van der Waals surface area contributed by atoms with Crippen molar-refractivity contribution in [2.45, 2.75) is 51.6 Å². The predicted molar refractivity (Wildman–Crippen MR) is 53.5 cm³/mol. The summed E-state index contributed by atoms with van der Waals surface area (Å²) >= 11 is 0. The Labute approximate surface area is 80.3 Å². The minimum absolute atomic E-state index is 0.198. The molecule has 0 bridgehead atoms. The minimum atomic E-state index is 0.198. The van der Waals surface area contributed by atoms with Gasteiger partial charge in [0.1, 0.15) is 0 Å². The summed E-state index contributed by atoms with van der Waals surface area (Å²) < 4.78 is 0. The molecule has 13 heavy (non-hydrogen) atoms. The number of hydrogen-bond acceptors (Lipinski definition) is 2. The molecule has 1 aliphatic rings. The molecule has 1 fully saturated rings. The Morgan fingerprint density at radius 1 is 1.54 bits per heavy atom. The highest BCUT2D eigenvalue weighted by Gasteiger charge is 2.18. The Morgan fingerprint density at radius 3 is 2.85 bits per heavy atom. The highest BCUT2D eigenvalue weighted by atomic mass is 16.1. The standard InChI is InChI=1S/C10H20N2O/c1-3-4-10(13)12-9-6-5-8(2)11-7-9/h8-9,11H,3-7H2,1-2H3,(H,12,13). The van der Waals surface area contributed by atoms with E-state index in [1.807, 2.05) is 6.92 Å². The van der Waals surface area contributed by atoms with E-state index < -0.39 is 0 Å². The fourth-order valence-corrected chi connectivity index (χ4v) is 1.65. The maximum atomic E-state index is 11.3. The minimum Gasteiger partial charge on any atom is -0.352 e. The summed E-state index contributed by atoms with van der Waals surface area (Å²) in [5, 5.41) is 6.40. The first-order chi connectivity index (χ1) is 6.22. The molecule has 2 N–H and O–H groups in total. The molecule has 0 aliphatic carbocycles. The van der Waals surface area contributed by atoms with Gasteiger partial charge in [-0.25, -0.2) is 0 Å². The van der Waals surface area contributed by atoms with Crippen molar-refractivity contribution in [1.29, 1.82) is 0 Å². The molecule has 0 aromatic rings. The lowest BCUT2D eigenvalue weighted by molar-refractivity contribution is -0.121. The van der Waals surface area contributed by atoms with Crippen molar-refractivity contribution in [1.82, 2.24) is 10.6 Å². The van der Waals surface area contributed by atoms with E-state index in [0.717, 1.165) is 25.8 Å². The first kappa shape index (κ1) is 10.5. The maximum Gasteiger partial charge on any atom is 0.220 e. The Hall–Kier alpha value is -0.570. The van der Waals surface area contributed by atoms with Gasteiger partial charge in [-0.3, -0.25) is 4.79 Å². The summed E-state index contributed by atoms with van der Waals surface area (Å²) in [4.78, 5) is 11.3. The zero-order valence-electron chi connectivity index (χ0n) is 8.60. The summed E-state index contributed by atoms with van der Waals surface area (Å²) in [6, 6.07) is 0.967. The highest BCUT2D eigenvalue weighted by molar-refractivity contribution is 5.76. The van der Waals surface area contributed by atoms with Gasteiger partial charge in [-0.05, 0) is 26.2 Å². The smallest absolute Gasteiger partial charge is 0.220 e. The predicted octanol–water partition coefficient (Wildman–Crippen LogP) is 1.04. The molecular formula is C10H20N2O. The van der Waals surface area contributed by atoms with Crippen LogP contribution in [0.1, 0.15) is 39.5 Å². The molecule has 76 valence electrons. The lowest BCUT2D eigenvalue weighted by Gasteiger charge is -2.28. The monoisotopic (exact) mass is 184 g/mol. The van der Waals surface area contributed by atoms with Crippen molar-refractivity contribution in [3.05, 3.63) is 0 Å². The van der Waals surface area contributed by atoms with E-state index >= 15 is 0 Å². The first-order valence-corrected chi connectivity index (χ1v) is 5.25. The van der Waals surface area contributed by atoms with Crippen molar-refractivity contribution in [3.63, 3.8) is 0 Å². The number of hydrogen-bond donors (Lipinski definition) is 2. The van der Waals surface area contributed by atoms with Gasteiger partial charge in [0.15, 0.2) is 0 Å². The number of rotatable bonds is 3. The van der Waals surface area contributed by atoms with Gasteiger partial charge in [-0.15, -0.1) is 0 Å². The van der Waals surface area contributed by atoms with Gasteiger partial charge in [0.05, 0.1) is 0 Å². The average molecular weight is 184 g/mol. The van der Waals surface area contributed by atoms with Crippen LogP contribution in [0.5, 0.6) is 0 Å². The van der Waals surface area contributed by atoms with E-state index in [-0.39, 0.29) is 5.91 Å². The van der Waals surface area contributed by atoms with Crippen LogP contribution in [0.2, 0.25) is 0 Å². The second kappa shape index (κ2) is 5.22. The average Bonchev–Trinajstić information content (AvgIpc) is 2.09. The van der Waals surface area contributed by atoms with Crippen LogP contribution >= 0.6 is 0 Å². The van der Waals surface area contributed by atoms with Crippen molar-refractivity contribution in [2.24, 2.45) is 0 Å². The summed E-state index contributed by atoms with van der Waals surface area (Å²) in [6.45, 7) is 5.14. The van der Waals surface area contributed by atoms with Gasteiger partial charge >= 0.3 is 0 Å². The molecule has 3 heteroatoms. The van der Waals surface area contributed by atoms with Gasteiger partial charge in [0.2, 0.25) is 5.91 Å². The van der Waals surface area contributed by atoms with E-state index in [9.17, 15) is 4.79 Å². The highest BCUT2D eigenvalue weighted by Crippen LogP contribution is 2.07. The van der Waals surface area contributed by atoms with Crippen LogP contribution in [-0.4, -0.2) is 24.5 Å². The summed E-state index contributed by atoms with van der Waals surface area (Å²) in [6.07, 6.45) is 3.87. The molecule has 0 aromatic heterocycles. The zero-order chi connectivity index (χ0) is 9.68. The molecule has 1 heterocycles. The molecule has 3 nitrogen and oxygen atoms in total. The fraction of sp³-hybridized carbons (Fsp3) is 0.900. The Balaban J connectivity index is 2.18. The third kappa shape index (κ3) is 3.77. The van der Waals surface area contributed by atoms with E-state index in [4.69, 9.17) is 0 Å². The molecule has 2 atom stereocenters. The van der Waals surface area contributed by atoms with Crippen LogP contribution in [-0.2, 0) is 4.79 Å². The van der Waals surface area contributed by atoms with E-state index in [1.165, 1.54) is 0 Å². The van der Waals surface area contributed by atoms with Gasteiger partial charge in [-0.2, -0.15) is 0 Å². The van der Waals surface area contributed by atoms with Gasteiger partial charge < -0.3 is 10.6 Å². The second-order valence-electron chi connectivity index (χ2n) is 3.90. The van der Waals surface area contributed by atoms with Crippen molar-refractivity contribution < 1.29 is 4.79 Å². The normalized spacial score (nSPS) is 28.5. The van der Waals surface area contributed by atoms with Crippen LogP contribution < -0.4 is 10.6 Å². The lowest BCUT2D eigenvalue weighted by atomic mass is 10.0. The lowest BCUT2D eigenvalue weighted by Crippen LogP contribution is -2.48. The molecule has 1 amide bonds. The number of nitrogens with one attached hydrogen (secondary N) is 2. The van der Waals surface area contributed by atoms with Crippen LogP contribution in [0.3, 0.4) is 0 Å². The van der Waals surface area contributed by atoms with Crippen LogP contribution in [0.4, 0.5) is 0 Å². The molecule has 2 unspecified atom stereocenters. The largest absolute Gasteiger partial charge is 0.352 e. The Bertz CT molecular complexity index is 162. The first-order valence-electron chi connectivity index (χ1n) is 5.25. The zero-order valence-corrected chi connectivity index (χ0v) is 8.60. The summed E-state index contributed by atoms with van der Waals surface area (Å²) in [7, 11) is 0. The summed E-state index contributed by atoms with van der Waals surface area (Å²) in [5.74, 6) is 0.198. The summed E-state index contributed by atoms with van der Waals surface area (Å²) in [5.41, 5.74) is 0. The van der Waals surface area contributed by atoms with Crippen LogP contribution in [0, 0.1) is 0 Å². The molecule has 1 aliphatic heterocycles. The third-order valence-corrected chi connectivity index (χ3v) is 2.50. The maximum absolute atomic E-state index is 11.3. The molecule has 0 aromatic carbocycles.